The molecule has 2 N–H and O–H groups in total. The molecule has 5 nitrogen and oxygen atoms in total. The van der Waals surface area contributed by atoms with Crippen molar-refractivity contribution in [3.63, 3.8) is 0 Å². The van der Waals surface area contributed by atoms with Gasteiger partial charge in [-0.1, -0.05) is 6.07 Å². The van der Waals surface area contributed by atoms with Gasteiger partial charge in [-0.2, -0.15) is 0 Å². The predicted octanol–water partition coefficient (Wildman–Crippen LogP) is 2.54. The van der Waals surface area contributed by atoms with Gasteiger partial charge in [0, 0.05) is 24.9 Å². The molecule has 0 radical (unpaired) electrons. The maximum atomic E-state index is 11.0. The van der Waals surface area contributed by atoms with E-state index in [0.717, 1.165) is 42.2 Å². The van der Waals surface area contributed by atoms with Gasteiger partial charge in [0.1, 0.15) is 0 Å². The van der Waals surface area contributed by atoms with E-state index in [4.69, 9.17) is 10.7 Å². The van der Waals surface area contributed by atoms with Gasteiger partial charge in [0.25, 0.3) is 0 Å². The number of hydrogen-bond donors (Lipinski definition) is 1. The quantitative estimate of drug-likeness (QED) is 0.886. The highest BCUT2D eigenvalue weighted by Crippen LogP contribution is 2.32. The number of primary amides is 1. The maximum Gasteiger partial charge on any atom is 0.217 e. The average molecular weight is 324 g/mol. The Kier molecular flexibility index (Phi) is 5.20. The van der Waals surface area contributed by atoms with Crippen LogP contribution in [0.1, 0.15) is 47.9 Å². The smallest absolute Gasteiger partial charge is 0.217 e. The number of carbonyl (C=O) groups is 1. The molecular formula is C19H24N4O. The number of amides is 1. The van der Waals surface area contributed by atoms with E-state index in [9.17, 15) is 4.79 Å². The van der Waals surface area contributed by atoms with Crippen LogP contribution in [0.3, 0.4) is 0 Å². The fourth-order valence-corrected chi connectivity index (χ4v) is 3.40. The number of aromatic nitrogens is 2. The standard InChI is InChI=1S/C19H24N4O/c1-14-11-15(7-8-19(20)24)12-17(22-14)18-6-4-10-23(18)13-16-5-2-3-9-21-16/h2-3,5,9,11-12,18H,4,6-8,10,13H2,1H3,(H2,20,24). The van der Waals surface area contributed by atoms with E-state index >= 15 is 0 Å². The van der Waals surface area contributed by atoms with Crippen molar-refractivity contribution < 1.29 is 4.79 Å². The molecule has 1 fully saturated rings. The second kappa shape index (κ2) is 7.53. The minimum absolute atomic E-state index is 0.260. The summed E-state index contributed by atoms with van der Waals surface area (Å²) in [6.45, 7) is 3.92. The number of carbonyl (C=O) groups excluding carboxylic acids is 1. The van der Waals surface area contributed by atoms with Gasteiger partial charge in [-0.3, -0.25) is 19.7 Å². The highest BCUT2D eigenvalue weighted by Gasteiger charge is 2.27. The summed E-state index contributed by atoms with van der Waals surface area (Å²) in [6, 6.07) is 10.5. The Morgan fingerprint density at radius 3 is 3.00 bits per heavy atom. The Morgan fingerprint density at radius 1 is 1.38 bits per heavy atom. The first-order valence-corrected chi connectivity index (χ1v) is 8.51. The summed E-state index contributed by atoms with van der Waals surface area (Å²) in [5.41, 5.74) is 9.60. The summed E-state index contributed by atoms with van der Waals surface area (Å²) in [4.78, 5) is 22.7. The number of aryl methyl sites for hydroxylation is 2. The number of nitrogens with zero attached hydrogens (tertiary/aromatic N) is 3. The minimum Gasteiger partial charge on any atom is -0.370 e. The van der Waals surface area contributed by atoms with Crippen LogP contribution in [0, 0.1) is 6.92 Å². The van der Waals surface area contributed by atoms with E-state index in [2.05, 4.69) is 22.0 Å². The molecule has 1 saturated heterocycles. The molecule has 1 unspecified atom stereocenters. The van der Waals surface area contributed by atoms with Crippen LogP contribution in [0.5, 0.6) is 0 Å². The lowest BCUT2D eigenvalue weighted by molar-refractivity contribution is -0.117. The van der Waals surface area contributed by atoms with Crippen molar-refractivity contribution >= 4 is 5.91 Å². The summed E-state index contributed by atoms with van der Waals surface area (Å²) < 4.78 is 0. The molecule has 0 saturated carbocycles. The normalized spacial score (nSPS) is 18.0. The molecule has 3 heterocycles. The second-order valence-electron chi connectivity index (χ2n) is 6.46. The molecule has 0 bridgehead atoms. The fourth-order valence-electron chi connectivity index (χ4n) is 3.40. The SMILES string of the molecule is Cc1cc(CCC(N)=O)cc(C2CCCN2Cc2ccccn2)n1. The van der Waals surface area contributed by atoms with Crippen molar-refractivity contribution in [3.05, 3.63) is 59.2 Å². The molecule has 2 aromatic rings. The van der Waals surface area contributed by atoms with Crippen LogP contribution in [-0.4, -0.2) is 27.3 Å². The molecule has 3 rings (SSSR count). The lowest BCUT2D eigenvalue weighted by atomic mass is 10.0. The summed E-state index contributed by atoms with van der Waals surface area (Å²) >= 11 is 0. The van der Waals surface area contributed by atoms with Crippen LogP contribution in [0.4, 0.5) is 0 Å². The third-order valence-electron chi connectivity index (χ3n) is 4.49. The molecule has 1 aliphatic rings. The van der Waals surface area contributed by atoms with E-state index in [1.807, 2.05) is 31.3 Å². The van der Waals surface area contributed by atoms with Gasteiger partial charge < -0.3 is 5.73 Å². The number of likely N-dealkylation sites (tertiary alicyclic amines) is 1. The molecule has 126 valence electrons. The Hall–Kier alpha value is -2.27. The van der Waals surface area contributed by atoms with Gasteiger partial charge in [0.05, 0.1) is 17.4 Å². The van der Waals surface area contributed by atoms with Crippen molar-refractivity contribution in [2.45, 2.75) is 45.2 Å². The Balaban J connectivity index is 1.77. The minimum atomic E-state index is -0.260. The predicted molar refractivity (Wildman–Crippen MR) is 93.1 cm³/mol. The van der Waals surface area contributed by atoms with E-state index < -0.39 is 0 Å². The van der Waals surface area contributed by atoms with Crippen molar-refractivity contribution in [2.75, 3.05) is 6.54 Å². The van der Waals surface area contributed by atoms with E-state index in [1.165, 1.54) is 6.42 Å². The zero-order valence-corrected chi connectivity index (χ0v) is 14.1. The molecule has 2 aromatic heterocycles. The number of pyridine rings is 2. The maximum absolute atomic E-state index is 11.0. The molecule has 1 atom stereocenters. The summed E-state index contributed by atoms with van der Waals surface area (Å²) in [5.74, 6) is -0.260. The number of rotatable bonds is 6. The van der Waals surface area contributed by atoms with E-state index in [1.54, 1.807) is 0 Å². The molecule has 1 aliphatic heterocycles. The van der Waals surface area contributed by atoms with Gasteiger partial charge in [-0.15, -0.1) is 0 Å². The lowest BCUT2D eigenvalue weighted by Crippen LogP contribution is -2.24. The van der Waals surface area contributed by atoms with Crippen LogP contribution in [0.25, 0.3) is 0 Å². The number of nitrogens with two attached hydrogens (primary N) is 1. The lowest BCUT2D eigenvalue weighted by Gasteiger charge is -2.24. The molecule has 0 aliphatic carbocycles. The average Bonchev–Trinajstić information content (AvgIpc) is 3.01. The number of hydrogen-bond acceptors (Lipinski definition) is 4. The van der Waals surface area contributed by atoms with Gasteiger partial charge in [0.2, 0.25) is 5.91 Å². The first-order valence-electron chi connectivity index (χ1n) is 8.51. The van der Waals surface area contributed by atoms with Gasteiger partial charge >= 0.3 is 0 Å². The molecule has 0 spiro atoms. The summed E-state index contributed by atoms with van der Waals surface area (Å²) in [5, 5.41) is 0. The molecule has 1 amide bonds. The topological polar surface area (TPSA) is 72.1 Å². The summed E-state index contributed by atoms with van der Waals surface area (Å²) in [6.07, 6.45) is 5.18. The van der Waals surface area contributed by atoms with E-state index in [-0.39, 0.29) is 5.91 Å². The van der Waals surface area contributed by atoms with Gasteiger partial charge in [0.15, 0.2) is 0 Å². The van der Waals surface area contributed by atoms with Crippen LogP contribution in [0.15, 0.2) is 36.5 Å². The third kappa shape index (κ3) is 4.17. The monoisotopic (exact) mass is 324 g/mol. The van der Waals surface area contributed by atoms with E-state index in [0.29, 0.717) is 18.9 Å². The van der Waals surface area contributed by atoms with Crippen LogP contribution in [-0.2, 0) is 17.8 Å². The van der Waals surface area contributed by atoms with Crippen molar-refractivity contribution in [3.8, 4) is 0 Å². The third-order valence-corrected chi connectivity index (χ3v) is 4.49. The highest BCUT2D eigenvalue weighted by atomic mass is 16.1. The van der Waals surface area contributed by atoms with Crippen LogP contribution in [0.2, 0.25) is 0 Å². The molecule has 24 heavy (non-hydrogen) atoms. The fraction of sp³-hybridized carbons (Fsp3) is 0.421. The molecule has 5 heteroatoms. The Labute approximate surface area is 142 Å². The van der Waals surface area contributed by atoms with Gasteiger partial charge in [-0.25, -0.2) is 0 Å². The highest BCUT2D eigenvalue weighted by molar-refractivity contribution is 5.74. The Morgan fingerprint density at radius 2 is 2.25 bits per heavy atom. The zero-order chi connectivity index (χ0) is 16.9. The molecule has 0 aromatic carbocycles. The molecular weight excluding hydrogens is 300 g/mol. The second-order valence-corrected chi connectivity index (χ2v) is 6.46. The first kappa shape index (κ1) is 16.6. The van der Waals surface area contributed by atoms with Crippen LogP contribution >= 0.6 is 0 Å². The largest absolute Gasteiger partial charge is 0.370 e. The van der Waals surface area contributed by atoms with Crippen molar-refractivity contribution in [1.29, 1.82) is 0 Å². The zero-order valence-electron chi connectivity index (χ0n) is 14.1. The van der Waals surface area contributed by atoms with Crippen molar-refractivity contribution in [2.24, 2.45) is 5.73 Å². The first-order chi connectivity index (χ1) is 11.6. The van der Waals surface area contributed by atoms with Crippen molar-refractivity contribution in [1.82, 2.24) is 14.9 Å². The Bertz CT molecular complexity index is 702. The van der Waals surface area contributed by atoms with Gasteiger partial charge in [-0.05, 0) is 62.6 Å². The van der Waals surface area contributed by atoms with Crippen LogP contribution < -0.4 is 5.73 Å². The summed E-state index contributed by atoms with van der Waals surface area (Å²) in [7, 11) is 0.